The first-order valence-electron chi connectivity index (χ1n) is 4.50. The lowest BCUT2D eigenvalue weighted by molar-refractivity contribution is 0.403. The molecule has 0 radical (unpaired) electrons. The second-order valence-electron chi connectivity index (χ2n) is 3.23. The van der Waals surface area contributed by atoms with Gasteiger partial charge >= 0.3 is 0 Å². The molecule has 0 saturated carbocycles. The molecule has 0 aromatic heterocycles. The smallest absolute Gasteiger partial charge is 0.197 e. The van der Waals surface area contributed by atoms with E-state index in [0.29, 0.717) is 5.69 Å². The van der Waals surface area contributed by atoms with Crippen molar-refractivity contribution >= 4 is 15.5 Å². The van der Waals surface area contributed by atoms with Gasteiger partial charge < -0.3 is 10.5 Å². The Morgan fingerprint density at radius 3 is 2.62 bits per heavy atom. The summed E-state index contributed by atoms with van der Waals surface area (Å²) in [5, 5.41) is 7.53. The molecule has 5 nitrogen and oxygen atoms in total. The van der Waals surface area contributed by atoms with Crippen LogP contribution in [0.1, 0.15) is 6.92 Å². The van der Waals surface area contributed by atoms with Gasteiger partial charge in [-0.15, -0.1) is 0 Å². The Morgan fingerprint density at radius 2 is 2.12 bits per heavy atom. The van der Waals surface area contributed by atoms with Crippen LogP contribution in [0.3, 0.4) is 0 Å². The molecule has 1 unspecified atom stereocenters. The second kappa shape index (κ2) is 4.41. The molecule has 86 valence electrons. The van der Waals surface area contributed by atoms with Crippen LogP contribution >= 0.6 is 0 Å². The topological polar surface area (TPSA) is 93.2 Å². The van der Waals surface area contributed by atoms with Gasteiger partial charge in [-0.2, -0.15) is 5.26 Å². The number of nitrogen functional groups attached to an aromatic ring is 1. The molecule has 0 bridgehead atoms. The Bertz CT molecular complexity index is 531. The van der Waals surface area contributed by atoms with Gasteiger partial charge in [-0.25, -0.2) is 8.42 Å². The molecule has 1 atom stereocenters. The summed E-state index contributed by atoms with van der Waals surface area (Å²) >= 11 is 0. The maximum atomic E-state index is 11.9. The SMILES string of the molecule is COc1cc(N)ccc1S(=O)(=O)C(C)C#N. The maximum absolute atomic E-state index is 11.9. The van der Waals surface area contributed by atoms with Crippen LogP contribution in [-0.4, -0.2) is 20.8 Å². The normalized spacial score (nSPS) is 12.8. The molecule has 2 N–H and O–H groups in total. The molecule has 6 heteroatoms. The fourth-order valence-corrected chi connectivity index (χ4v) is 2.38. The third-order valence-corrected chi connectivity index (χ3v) is 4.13. The second-order valence-corrected chi connectivity index (χ2v) is 5.46. The van der Waals surface area contributed by atoms with Gasteiger partial charge in [0.05, 0.1) is 13.2 Å². The molecular weight excluding hydrogens is 228 g/mol. The minimum Gasteiger partial charge on any atom is -0.495 e. The highest BCUT2D eigenvalue weighted by molar-refractivity contribution is 7.92. The van der Waals surface area contributed by atoms with Crippen molar-refractivity contribution in [2.45, 2.75) is 17.1 Å². The molecule has 0 aliphatic heterocycles. The summed E-state index contributed by atoms with van der Waals surface area (Å²) < 4.78 is 28.8. The summed E-state index contributed by atoms with van der Waals surface area (Å²) in [7, 11) is -2.34. The average molecular weight is 240 g/mol. The van der Waals surface area contributed by atoms with Crippen molar-refractivity contribution in [1.82, 2.24) is 0 Å². The maximum Gasteiger partial charge on any atom is 0.197 e. The van der Waals surface area contributed by atoms with Gasteiger partial charge in [0, 0.05) is 11.8 Å². The van der Waals surface area contributed by atoms with Crippen molar-refractivity contribution in [3.63, 3.8) is 0 Å². The summed E-state index contributed by atoms with van der Waals surface area (Å²) in [6, 6.07) is 5.91. The third-order valence-electron chi connectivity index (χ3n) is 2.14. The molecule has 0 saturated heterocycles. The van der Waals surface area contributed by atoms with Gasteiger partial charge in [0.1, 0.15) is 15.9 Å². The van der Waals surface area contributed by atoms with Crippen LogP contribution in [0.15, 0.2) is 23.1 Å². The Kier molecular flexibility index (Phi) is 3.40. The highest BCUT2D eigenvalue weighted by atomic mass is 32.2. The van der Waals surface area contributed by atoms with E-state index in [1.807, 2.05) is 0 Å². The first-order chi connectivity index (χ1) is 7.43. The molecule has 0 spiro atoms. The van der Waals surface area contributed by atoms with Crippen molar-refractivity contribution in [3.8, 4) is 11.8 Å². The number of benzene rings is 1. The van der Waals surface area contributed by atoms with Crippen molar-refractivity contribution in [1.29, 1.82) is 5.26 Å². The van der Waals surface area contributed by atoms with E-state index < -0.39 is 15.1 Å². The Balaban J connectivity index is 3.40. The highest BCUT2D eigenvalue weighted by Crippen LogP contribution is 2.28. The van der Waals surface area contributed by atoms with Gasteiger partial charge in [-0.1, -0.05) is 0 Å². The van der Waals surface area contributed by atoms with E-state index in [1.54, 1.807) is 6.07 Å². The van der Waals surface area contributed by atoms with E-state index in [0.717, 1.165) is 0 Å². The quantitative estimate of drug-likeness (QED) is 0.794. The van der Waals surface area contributed by atoms with Crippen LogP contribution in [0.5, 0.6) is 5.75 Å². The van der Waals surface area contributed by atoms with Crippen molar-refractivity contribution in [3.05, 3.63) is 18.2 Å². The number of nitrogens with two attached hydrogens (primary N) is 1. The highest BCUT2D eigenvalue weighted by Gasteiger charge is 2.26. The number of hydrogen-bond donors (Lipinski definition) is 1. The summed E-state index contributed by atoms with van der Waals surface area (Å²) in [6.07, 6.45) is 0. The van der Waals surface area contributed by atoms with E-state index in [1.165, 1.54) is 32.2 Å². The molecule has 1 aromatic rings. The summed E-state index contributed by atoms with van der Waals surface area (Å²) in [5.41, 5.74) is 5.92. The van der Waals surface area contributed by atoms with Crippen LogP contribution in [0, 0.1) is 11.3 Å². The zero-order valence-corrected chi connectivity index (χ0v) is 9.78. The number of ether oxygens (including phenoxy) is 1. The Labute approximate surface area is 94.4 Å². The van der Waals surface area contributed by atoms with Crippen molar-refractivity contribution in [2.75, 3.05) is 12.8 Å². The fraction of sp³-hybridized carbons (Fsp3) is 0.300. The van der Waals surface area contributed by atoms with Crippen molar-refractivity contribution in [2.24, 2.45) is 0 Å². The average Bonchev–Trinajstić information content (AvgIpc) is 2.27. The minimum absolute atomic E-state index is 0.0155. The van der Waals surface area contributed by atoms with E-state index >= 15 is 0 Å². The lowest BCUT2D eigenvalue weighted by Crippen LogP contribution is -2.16. The molecule has 1 aromatic carbocycles. The fourth-order valence-electron chi connectivity index (χ4n) is 1.18. The van der Waals surface area contributed by atoms with E-state index in [4.69, 9.17) is 15.7 Å². The molecule has 1 rings (SSSR count). The number of nitrogens with zero attached hydrogens (tertiary/aromatic N) is 1. The van der Waals surface area contributed by atoms with Crippen LogP contribution in [0.25, 0.3) is 0 Å². The number of sulfone groups is 1. The number of rotatable bonds is 3. The molecule has 0 aliphatic carbocycles. The largest absolute Gasteiger partial charge is 0.495 e. The van der Waals surface area contributed by atoms with Crippen LogP contribution in [0.2, 0.25) is 0 Å². The van der Waals surface area contributed by atoms with Crippen LogP contribution in [0.4, 0.5) is 5.69 Å². The molecular formula is C10H12N2O3S. The van der Waals surface area contributed by atoms with Crippen LogP contribution < -0.4 is 10.5 Å². The summed E-state index contributed by atoms with van der Waals surface area (Å²) in [5.74, 6) is 0.155. The standard InChI is InChI=1S/C10H12N2O3S/c1-7(6-11)16(13,14)10-4-3-8(12)5-9(10)15-2/h3-5,7H,12H2,1-2H3. The molecule has 16 heavy (non-hydrogen) atoms. The Hall–Kier alpha value is -1.74. The third kappa shape index (κ3) is 2.09. The van der Waals surface area contributed by atoms with Gasteiger partial charge in [0.15, 0.2) is 9.84 Å². The lowest BCUT2D eigenvalue weighted by atomic mass is 10.3. The van der Waals surface area contributed by atoms with Gasteiger partial charge in [0.2, 0.25) is 0 Å². The summed E-state index contributed by atoms with van der Waals surface area (Å²) in [4.78, 5) is -0.0155. The first-order valence-corrected chi connectivity index (χ1v) is 6.05. The minimum atomic E-state index is -3.69. The van der Waals surface area contributed by atoms with Gasteiger partial charge in [0.25, 0.3) is 0 Å². The summed E-state index contributed by atoms with van der Waals surface area (Å²) in [6.45, 7) is 1.32. The predicted molar refractivity (Wildman–Crippen MR) is 59.7 cm³/mol. The lowest BCUT2D eigenvalue weighted by Gasteiger charge is -2.11. The van der Waals surface area contributed by atoms with E-state index in [9.17, 15) is 8.42 Å². The molecule has 0 amide bonds. The van der Waals surface area contributed by atoms with E-state index in [2.05, 4.69) is 0 Å². The van der Waals surface area contributed by atoms with Crippen LogP contribution in [-0.2, 0) is 9.84 Å². The van der Waals surface area contributed by atoms with Gasteiger partial charge in [-0.3, -0.25) is 0 Å². The molecule has 0 aliphatic rings. The monoisotopic (exact) mass is 240 g/mol. The predicted octanol–water partition coefficient (Wildman–Crippen LogP) is 0.963. The number of methoxy groups -OCH3 is 1. The number of anilines is 1. The zero-order valence-electron chi connectivity index (χ0n) is 8.97. The van der Waals surface area contributed by atoms with Gasteiger partial charge in [-0.05, 0) is 19.1 Å². The zero-order chi connectivity index (χ0) is 12.3. The Morgan fingerprint density at radius 1 is 1.50 bits per heavy atom. The molecule has 0 heterocycles. The van der Waals surface area contributed by atoms with E-state index in [-0.39, 0.29) is 10.6 Å². The molecule has 0 fully saturated rings. The van der Waals surface area contributed by atoms with Crippen molar-refractivity contribution < 1.29 is 13.2 Å². The number of nitriles is 1. The number of hydrogen-bond acceptors (Lipinski definition) is 5. The first kappa shape index (κ1) is 12.3.